The Balaban J connectivity index is 2.13. The van der Waals surface area contributed by atoms with Gasteiger partial charge in [0.25, 0.3) is 5.56 Å². The van der Waals surface area contributed by atoms with E-state index in [2.05, 4.69) is 15.9 Å². The summed E-state index contributed by atoms with van der Waals surface area (Å²) in [5.41, 5.74) is 0.368. The van der Waals surface area contributed by atoms with E-state index in [0.29, 0.717) is 10.8 Å². The average Bonchev–Trinajstić information content (AvgIpc) is 2.85. The highest BCUT2D eigenvalue weighted by molar-refractivity contribution is 6.30. The Labute approximate surface area is 142 Å². The third-order valence-electron chi connectivity index (χ3n) is 3.57. The van der Waals surface area contributed by atoms with Crippen LogP contribution < -0.4 is 11.2 Å². The van der Waals surface area contributed by atoms with Crippen LogP contribution in [-0.2, 0) is 13.6 Å². The standard InChI is InChI=1S/C17H13ClN4O2/c1-3-9-22-16(23)14-15(20-17(22)24)19-13(21(14)2)8-7-11-5-4-6-12(18)10-11/h1,4-8,10H,9H2,2H3,(H,20,24)/b8-7+. The van der Waals surface area contributed by atoms with Gasteiger partial charge >= 0.3 is 5.69 Å². The SMILES string of the molecule is C#CCn1c(=O)[nH]c2nc(/C=C/c3cccc(Cl)c3)n(C)c2c1=O. The summed E-state index contributed by atoms with van der Waals surface area (Å²) in [7, 11) is 1.70. The van der Waals surface area contributed by atoms with E-state index < -0.39 is 11.2 Å². The molecule has 0 fully saturated rings. The summed E-state index contributed by atoms with van der Waals surface area (Å²) in [5, 5.41) is 0.628. The molecule has 3 aromatic rings. The molecule has 2 aromatic heterocycles. The number of rotatable bonds is 3. The maximum Gasteiger partial charge on any atom is 0.330 e. The molecule has 0 amide bonds. The predicted molar refractivity (Wildman–Crippen MR) is 94.8 cm³/mol. The van der Waals surface area contributed by atoms with Crippen molar-refractivity contribution in [1.82, 2.24) is 19.1 Å². The van der Waals surface area contributed by atoms with Crippen molar-refractivity contribution in [2.45, 2.75) is 6.54 Å². The highest BCUT2D eigenvalue weighted by Crippen LogP contribution is 2.14. The maximum atomic E-state index is 12.4. The number of halogens is 1. The summed E-state index contributed by atoms with van der Waals surface area (Å²) >= 11 is 5.95. The highest BCUT2D eigenvalue weighted by atomic mass is 35.5. The summed E-state index contributed by atoms with van der Waals surface area (Å²) in [6, 6.07) is 7.33. The summed E-state index contributed by atoms with van der Waals surface area (Å²) in [4.78, 5) is 31.2. The molecule has 1 N–H and O–H groups in total. The molecule has 0 aliphatic heterocycles. The zero-order valence-corrected chi connectivity index (χ0v) is 13.5. The molecule has 24 heavy (non-hydrogen) atoms. The number of aromatic amines is 1. The number of H-pyrrole nitrogens is 1. The van der Waals surface area contributed by atoms with Crippen LogP contribution in [0, 0.1) is 12.3 Å². The second-order valence-corrected chi connectivity index (χ2v) is 5.58. The first-order chi connectivity index (χ1) is 11.5. The van der Waals surface area contributed by atoms with Crippen LogP contribution in [0.25, 0.3) is 23.3 Å². The van der Waals surface area contributed by atoms with Crippen molar-refractivity contribution >= 4 is 34.9 Å². The van der Waals surface area contributed by atoms with Crippen LogP contribution in [0.4, 0.5) is 0 Å². The van der Waals surface area contributed by atoms with E-state index in [9.17, 15) is 9.59 Å². The van der Waals surface area contributed by atoms with Crippen LogP contribution in [-0.4, -0.2) is 19.1 Å². The first-order valence-corrected chi connectivity index (χ1v) is 7.45. The summed E-state index contributed by atoms with van der Waals surface area (Å²) in [6.07, 6.45) is 8.77. The minimum absolute atomic E-state index is 0.0943. The van der Waals surface area contributed by atoms with Crippen molar-refractivity contribution in [3.63, 3.8) is 0 Å². The average molecular weight is 341 g/mol. The third-order valence-corrected chi connectivity index (χ3v) is 3.81. The lowest BCUT2D eigenvalue weighted by Gasteiger charge is -2.00. The molecule has 0 aliphatic carbocycles. The Kier molecular flexibility index (Phi) is 4.11. The van der Waals surface area contributed by atoms with Gasteiger partial charge in [-0.2, -0.15) is 0 Å². The van der Waals surface area contributed by atoms with Gasteiger partial charge < -0.3 is 4.57 Å². The molecule has 1 aromatic carbocycles. The maximum absolute atomic E-state index is 12.4. The summed E-state index contributed by atoms with van der Waals surface area (Å²) in [5.74, 6) is 2.82. The van der Waals surface area contributed by atoms with E-state index in [-0.39, 0.29) is 17.7 Å². The molecule has 0 bridgehead atoms. The molecule has 2 heterocycles. The Hall–Kier alpha value is -3.04. The van der Waals surface area contributed by atoms with Gasteiger partial charge in [0.2, 0.25) is 0 Å². The topological polar surface area (TPSA) is 72.7 Å². The number of imidazole rings is 1. The Morgan fingerprint density at radius 3 is 2.88 bits per heavy atom. The van der Waals surface area contributed by atoms with E-state index in [1.54, 1.807) is 23.8 Å². The predicted octanol–water partition coefficient (Wildman–Crippen LogP) is 1.88. The number of nitrogens with one attached hydrogen (secondary N) is 1. The van der Waals surface area contributed by atoms with Crippen molar-refractivity contribution < 1.29 is 0 Å². The van der Waals surface area contributed by atoms with Gasteiger partial charge in [-0.25, -0.2) is 14.3 Å². The molecule has 0 saturated carbocycles. The lowest BCUT2D eigenvalue weighted by atomic mass is 10.2. The van der Waals surface area contributed by atoms with Crippen molar-refractivity contribution in [2.75, 3.05) is 0 Å². The van der Waals surface area contributed by atoms with Crippen molar-refractivity contribution in [3.8, 4) is 12.3 Å². The number of nitrogens with zero attached hydrogens (tertiary/aromatic N) is 3. The number of hydrogen-bond acceptors (Lipinski definition) is 3. The quantitative estimate of drug-likeness (QED) is 0.740. The zero-order chi connectivity index (χ0) is 17.3. The molecular weight excluding hydrogens is 328 g/mol. The molecule has 0 aliphatic rings. The van der Waals surface area contributed by atoms with Gasteiger partial charge in [0.05, 0.1) is 6.54 Å². The van der Waals surface area contributed by atoms with Crippen LogP contribution in [0.15, 0.2) is 33.9 Å². The molecule has 3 rings (SSSR count). The fourth-order valence-electron chi connectivity index (χ4n) is 2.40. The normalized spacial score (nSPS) is 11.2. The van der Waals surface area contributed by atoms with Gasteiger partial charge in [-0.15, -0.1) is 6.42 Å². The number of aromatic nitrogens is 4. The third kappa shape index (κ3) is 2.77. The van der Waals surface area contributed by atoms with Crippen molar-refractivity contribution in [1.29, 1.82) is 0 Å². The molecular formula is C17H13ClN4O2. The number of fused-ring (bicyclic) bond motifs is 1. The summed E-state index contributed by atoms with van der Waals surface area (Å²) < 4.78 is 2.58. The highest BCUT2D eigenvalue weighted by Gasteiger charge is 2.13. The minimum Gasteiger partial charge on any atom is -0.322 e. The lowest BCUT2D eigenvalue weighted by molar-refractivity contribution is 0.734. The molecule has 0 spiro atoms. The monoisotopic (exact) mass is 340 g/mol. The fraction of sp³-hybridized carbons (Fsp3) is 0.118. The second-order valence-electron chi connectivity index (χ2n) is 5.14. The van der Waals surface area contributed by atoms with E-state index in [4.69, 9.17) is 18.0 Å². The van der Waals surface area contributed by atoms with Gasteiger partial charge in [-0.3, -0.25) is 9.78 Å². The van der Waals surface area contributed by atoms with E-state index >= 15 is 0 Å². The van der Waals surface area contributed by atoms with Crippen molar-refractivity contribution in [2.24, 2.45) is 7.05 Å². The Morgan fingerprint density at radius 1 is 1.38 bits per heavy atom. The Morgan fingerprint density at radius 2 is 2.17 bits per heavy atom. The largest absolute Gasteiger partial charge is 0.330 e. The first-order valence-electron chi connectivity index (χ1n) is 7.08. The smallest absolute Gasteiger partial charge is 0.322 e. The molecule has 0 radical (unpaired) electrons. The fourth-order valence-corrected chi connectivity index (χ4v) is 2.60. The summed E-state index contributed by atoms with van der Waals surface area (Å²) in [6.45, 7) is -0.0943. The zero-order valence-electron chi connectivity index (χ0n) is 12.8. The number of aryl methyl sites for hydroxylation is 1. The van der Waals surface area contributed by atoms with Gasteiger partial charge in [-0.05, 0) is 23.8 Å². The van der Waals surface area contributed by atoms with Crippen LogP contribution in [0.3, 0.4) is 0 Å². The van der Waals surface area contributed by atoms with Gasteiger partial charge in [-0.1, -0.05) is 35.7 Å². The lowest BCUT2D eigenvalue weighted by Crippen LogP contribution is -2.35. The number of benzene rings is 1. The van der Waals surface area contributed by atoms with Gasteiger partial charge in [0, 0.05) is 12.1 Å². The van der Waals surface area contributed by atoms with Crippen LogP contribution in [0.5, 0.6) is 0 Å². The van der Waals surface area contributed by atoms with Gasteiger partial charge in [0.1, 0.15) is 5.82 Å². The van der Waals surface area contributed by atoms with Crippen LogP contribution in [0.1, 0.15) is 11.4 Å². The van der Waals surface area contributed by atoms with E-state index in [1.165, 1.54) is 0 Å². The molecule has 7 heteroatoms. The first kappa shape index (κ1) is 15.8. The van der Waals surface area contributed by atoms with Crippen LogP contribution in [0.2, 0.25) is 5.02 Å². The van der Waals surface area contributed by atoms with Crippen LogP contribution >= 0.6 is 11.6 Å². The molecule has 0 unspecified atom stereocenters. The minimum atomic E-state index is -0.575. The molecule has 0 atom stereocenters. The Bertz CT molecular complexity index is 1110. The number of hydrogen-bond donors (Lipinski definition) is 1. The molecule has 120 valence electrons. The van der Waals surface area contributed by atoms with E-state index in [0.717, 1.165) is 10.1 Å². The van der Waals surface area contributed by atoms with Gasteiger partial charge in [0.15, 0.2) is 11.2 Å². The van der Waals surface area contributed by atoms with E-state index in [1.807, 2.05) is 24.3 Å². The molecule has 0 saturated heterocycles. The second kappa shape index (κ2) is 6.22. The van der Waals surface area contributed by atoms with Crippen molar-refractivity contribution in [3.05, 3.63) is 61.5 Å². The molecule has 6 nitrogen and oxygen atoms in total. The number of terminal acetylenes is 1.